The van der Waals surface area contributed by atoms with Gasteiger partial charge >= 0.3 is 8.16 Å². The van der Waals surface area contributed by atoms with Gasteiger partial charge in [-0.3, -0.25) is 0 Å². The van der Waals surface area contributed by atoms with Crippen molar-refractivity contribution in [1.82, 2.24) is 0 Å². The molecule has 0 saturated heterocycles. The molecule has 0 atom stereocenters. The summed E-state index contributed by atoms with van der Waals surface area (Å²) >= 11 is 0. The SMILES string of the molecule is Cc1cc2ccccc2c2c1op(N(C(C)C)C(C)C)oc1c(C)cc3ccccc3c12. The highest BCUT2D eigenvalue weighted by Gasteiger charge is 2.23. The summed E-state index contributed by atoms with van der Waals surface area (Å²) in [6.45, 7) is 13.1. The molecule has 0 N–H and O–H groups in total. The number of hydrogen-bond donors (Lipinski definition) is 0. The highest BCUT2D eigenvalue weighted by atomic mass is 31.1. The average molecular weight is 444 g/mol. The van der Waals surface area contributed by atoms with Gasteiger partial charge in [-0.2, -0.15) is 4.67 Å². The molecular formula is C28H30NO2P. The fourth-order valence-electron chi connectivity index (χ4n) is 4.91. The summed E-state index contributed by atoms with van der Waals surface area (Å²) in [5, 5.41) is 7.14. The minimum absolute atomic E-state index is 0.299. The maximum absolute atomic E-state index is 6.84. The van der Waals surface area contributed by atoms with Crippen LogP contribution in [0.4, 0.5) is 0 Å². The number of aryl methyl sites for hydroxylation is 2. The van der Waals surface area contributed by atoms with Crippen molar-refractivity contribution < 1.29 is 8.39 Å². The lowest BCUT2D eigenvalue weighted by Gasteiger charge is -2.26. The Bertz CT molecular complexity index is 1400. The van der Waals surface area contributed by atoms with Crippen LogP contribution in [0.1, 0.15) is 38.8 Å². The molecule has 32 heavy (non-hydrogen) atoms. The minimum atomic E-state index is -1.32. The van der Waals surface area contributed by atoms with Crippen LogP contribution in [0.15, 0.2) is 69.1 Å². The highest BCUT2D eigenvalue weighted by Crippen LogP contribution is 2.44. The molecule has 5 aromatic rings. The van der Waals surface area contributed by atoms with Crippen molar-refractivity contribution in [3.63, 3.8) is 0 Å². The van der Waals surface area contributed by atoms with E-state index in [0.717, 1.165) is 33.1 Å². The molecule has 0 bridgehead atoms. The van der Waals surface area contributed by atoms with Gasteiger partial charge in [0.25, 0.3) is 0 Å². The molecule has 0 aliphatic carbocycles. The zero-order valence-electron chi connectivity index (χ0n) is 19.6. The molecule has 5 rings (SSSR count). The van der Waals surface area contributed by atoms with Crippen molar-refractivity contribution in [3.05, 3.63) is 71.8 Å². The van der Waals surface area contributed by atoms with Crippen molar-refractivity contribution in [1.29, 1.82) is 0 Å². The third kappa shape index (κ3) is 3.32. The van der Waals surface area contributed by atoms with E-state index in [1.165, 1.54) is 21.5 Å². The van der Waals surface area contributed by atoms with E-state index in [2.05, 4.69) is 107 Å². The third-order valence-corrected chi connectivity index (χ3v) is 8.19. The predicted octanol–water partition coefficient (Wildman–Crippen LogP) is 8.97. The fourth-order valence-corrected chi connectivity index (χ4v) is 6.67. The second-order valence-corrected chi connectivity index (χ2v) is 10.5. The third-order valence-electron chi connectivity index (χ3n) is 6.21. The summed E-state index contributed by atoms with van der Waals surface area (Å²) in [4.78, 5) is 0. The lowest BCUT2D eigenvalue weighted by Crippen LogP contribution is -2.34. The minimum Gasteiger partial charge on any atom is -0.407 e. The zero-order valence-corrected chi connectivity index (χ0v) is 20.5. The lowest BCUT2D eigenvalue weighted by molar-refractivity contribution is 0.569. The van der Waals surface area contributed by atoms with E-state index < -0.39 is 8.16 Å². The van der Waals surface area contributed by atoms with Crippen LogP contribution in [-0.2, 0) is 0 Å². The second-order valence-electron chi connectivity index (χ2n) is 9.23. The maximum Gasteiger partial charge on any atom is 0.310 e. The van der Waals surface area contributed by atoms with Crippen molar-refractivity contribution in [2.75, 3.05) is 4.67 Å². The van der Waals surface area contributed by atoms with E-state index in [1.54, 1.807) is 0 Å². The van der Waals surface area contributed by atoms with E-state index in [1.807, 2.05) is 0 Å². The van der Waals surface area contributed by atoms with Crippen LogP contribution in [0.2, 0.25) is 0 Å². The Morgan fingerprint density at radius 2 is 1.06 bits per heavy atom. The normalized spacial score (nSPS) is 12.3. The number of hydrogen-bond acceptors (Lipinski definition) is 3. The Balaban J connectivity index is 2.15. The molecule has 0 aliphatic heterocycles. The molecular weight excluding hydrogens is 413 g/mol. The number of nitrogens with zero attached hydrogens (tertiary/aromatic N) is 1. The Labute approximate surface area is 190 Å². The molecule has 0 fully saturated rings. The van der Waals surface area contributed by atoms with Crippen LogP contribution in [0, 0.1) is 13.8 Å². The van der Waals surface area contributed by atoms with Gasteiger partial charge in [0.1, 0.15) is 11.2 Å². The Morgan fingerprint density at radius 3 is 1.47 bits per heavy atom. The topological polar surface area (TPSA) is 29.5 Å². The summed E-state index contributed by atoms with van der Waals surface area (Å²) in [6, 6.07) is 22.3. The van der Waals surface area contributed by atoms with Crippen molar-refractivity contribution in [2.45, 2.75) is 53.6 Å². The van der Waals surface area contributed by atoms with Gasteiger partial charge < -0.3 is 8.39 Å². The maximum atomic E-state index is 6.84. The first-order valence-corrected chi connectivity index (χ1v) is 12.5. The highest BCUT2D eigenvalue weighted by molar-refractivity contribution is 7.39. The van der Waals surface area contributed by atoms with Crippen molar-refractivity contribution in [2.24, 2.45) is 0 Å². The van der Waals surface area contributed by atoms with Gasteiger partial charge in [-0.1, -0.05) is 48.5 Å². The van der Waals surface area contributed by atoms with Gasteiger partial charge in [0.05, 0.1) is 0 Å². The smallest absolute Gasteiger partial charge is 0.310 e. The molecule has 0 aliphatic rings. The van der Waals surface area contributed by atoms with Gasteiger partial charge in [0, 0.05) is 22.9 Å². The van der Waals surface area contributed by atoms with Gasteiger partial charge in [0.2, 0.25) is 0 Å². The number of fused-ring (bicyclic) bond motifs is 7. The van der Waals surface area contributed by atoms with Gasteiger partial charge in [0.15, 0.2) is 0 Å². The van der Waals surface area contributed by atoms with Crippen molar-refractivity contribution in [3.8, 4) is 0 Å². The largest absolute Gasteiger partial charge is 0.407 e. The monoisotopic (exact) mass is 443 g/mol. The Morgan fingerprint density at radius 1 is 0.656 bits per heavy atom. The van der Waals surface area contributed by atoms with Gasteiger partial charge in [-0.15, -0.1) is 0 Å². The van der Waals surface area contributed by atoms with Crippen LogP contribution in [-0.4, -0.2) is 12.1 Å². The first-order chi connectivity index (χ1) is 15.4. The fraction of sp³-hybridized carbons (Fsp3) is 0.286. The summed E-state index contributed by atoms with van der Waals surface area (Å²) in [7, 11) is -1.32. The van der Waals surface area contributed by atoms with E-state index in [-0.39, 0.29) is 0 Å². The van der Waals surface area contributed by atoms with Crippen LogP contribution >= 0.6 is 8.16 Å². The average Bonchev–Trinajstić information content (AvgIpc) is 2.92. The molecule has 1 aromatic heterocycles. The van der Waals surface area contributed by atoms with Crippen LogP contribution < -0.4 is 4.67 Å². The van der Waals surface area contributed by atoms with Crippen LogP contribution in [0.5, 0.6) is 0 Å². The summed E-state index contributed by atoms with van der Waals surface area (Å²) in [5.74, 6) is 0. The summed E-state index contributed by atoms with van der Waals surface area (Å²) in [5.41, 5.74) is 4.16. The summed E-state index contributed by atoms with van der Waals surface area (Å²) in [6.07, 6.45) is 0. The zero-order chi connectivity index (χ0) is 22.6. The van der Waals surface area contributed by atoms with Crippen molar-refractivity contribution >= 4 is 51.6 Å². The molecule has 0 spiro atoms. The molecule has 1 heterocycles. The molecule has 0 radical (unpaired) electrons. The first-order valence-electron chi connectivity index (χ1n) is 11.4. The second kappa shape index (κ2) is 7.99. The molecule has 4 heteroatoms. The van der Waals surface area contributed by atoms with Gasteiger partial charge in [-0.05, 0) is 86.3 Å². The van der Waals surface area contributed by atoms with Crippen LogP contribution in [0.25, 0.3) is 43.5 Å². The number of benzene rings is 4. The van der Waals surface area contributed by atoms with E-state index in [9.17, 15) is 0 Å². The van der Waals surface area contributed by atoms with Gasteiger partial charge in [-0.25, -0.2) is 0 Å². The standard InChI is InChI=1S/C28H30NO2P/c1-17(2)29(18(3)4)32-30-27-19(5)15-21-11-7-9-13-23(21)25(27)26-24-14-10-8-12-22(24)16-20(6)28(26)31-32/h7-18H,1-6H3. The van der Waals surface area contributed by atoms with E-state index in [4.69, 9.17) is 8.39 Å². The number of rotatable bonds is 3. The molecule has 4 aromatic carbocycles. The molecule has 0 saturated carbocycles. The predicted molar refractivity (Wildman–Crippen MR) is 139 cm³/mol. The Kier molecular flexibility index (Phi) is 5.28. The molecule has 164 valence electrons. The molecule has 3 nitrogen and oxygen atoms in total. The van der Waals surface area contributed by atoms with E-state index in [0.29, 0.717) is 12.1 Å². The van der Waals surface area contributed by atoms with E-state index >= 15 is 0 Å². The lowest BCUT2D eigenvalue weighted by atomic mass is 9.95. The quantitative estimate of drug-likeness (QED) is 0.279. The summed E-state index contributed by atoms with van der Waals surface area (Å²) < 4.78 is 16.0. The van der Waals surface area contributed by atoms with Crippen LogP contribution in [0.3, 0.4) is 0 Å². The molecule has 0 unspecified atom stereocenters. The Hall–Kier alpha value is -2.74. The first kappa shape index (κ1) is 21.1. The molecule has 0 amide bonds.